The summed E-state index contributed by atoms with van der Waals surface area (Å²) in [4.78, 5) is 0. The fourth-order valence-corrected chi connectivity index (χ4v) is 2.55. The van der Waals surface area contributed by atoms with Gasteiger partial charge in [-0.3, -0.25) is 0 Å². The van der Waals surface area contributed by atoms with Gasteiger partial charge in [0.25, 0.3) is 0 Å². The van der Waals surface area contributed by atoms with E-state index in [1.165, 1.54) is 0 Å². The molecule has 0 spiro atoms. The van der Waals surface area contributed by atoms with Crippen molar-refractivity contribution in [3.05, 3.63) is 63.6 Å². The first-order chi connectivity index (χ1) is 9.97. The van der Waals surface area contributed by atoms with Gasteiger partial charge < -0.3 is 10.5 Å². The third-order valence-corrected chi connectivity index (χ3v) is 3.99. The summed E-state index contributed by atoms with van der Waals surface area (Å²) in [6.45, 7) is 4.00. The van der Waals surface area contributed by atoms with E-state index in [1.807, 2.05) is 50.2 Å². The first-order valence-electron chi connectivity index (χ1n) is 6.92. The molecular weight excluding hydrogens is 305 g/mol. The largest absolute Gasteiger partial charge is 0.491 e. The summed E-state index contributed by atoms with van der Waals surface area (Å²) in [6, 6.07) is 13.3. The van der Waals surface area contributed by atoms with Crippen molar-refractivity contribution in [2.75, 3.05) is 0 Å². The maximum atomic E-state index is 6.29. The van der Waals surface area contributed by atoms with E-state index in [0.29, 0.717) is 16.5 Å². The Morgan fingerprint density at radius 1 is 1.10 bits per heavy atom. The lowest BCUT2D eigenvalue weighted by atomic mass is 9.99. The molecule has 112 valence electrons. The van der Waals surface area contributed by atoms with E-state index >= 15 is 0 Å². The molecule has 0 aromatic heterocycles. The molecule has 0 aliphatic carbocycles. The van der Waals surface area contributed by atoms with Crippen LogP contribution < -0.4 is 10.5 Å². The number of halogens is 2. The van der Waals surface area contributed by atoms with Gasteiger partial charge in [0, 0.05) is 6.04 Å². The lowest BCUT2D eigenvalue weighted by Crippen LogP contribution is -2.14. The van der Waals surface area contributed by atoms with E-state index in [1.54, 1.807) is 6.07 Å². The fourth-order valence-electron chi connectivity index (χ4n) is 2.15. The monoisotopic (exact) mass is 323 g/mol. The zero-order valence-electron chi connectivity index (χ0n) is 12.1. The summed E-state index contributed by atoms with van der Waals surface area (Å²) in [6.07, 6.45) is 0.767. The minimum atomic E-state index is -0.156. The van der Waals surface area contributed by atoms with Crippen LogP contribution in [0.3, 0.4) is 0 Å². The van der Waals surface area contributed by atoms with Gasteiger partial charge in [-0.15, -0.1) is 0 Å². The van der Waals surface area contributed by atoms with Crippen molar-refractivity contribution >= 4 is 23.2 Å². The van der Waals surface area contributed by atoms with E-state index in [-0.39, 0.29) is 12.1 Å². The van der Waals surface area contributed by atoms with Crippen LogP contribution in [-0.4, -0.2) is 6.10 Å². The molecule has 1 unspecified atom stereocenters. The molecule has 0 aliphatic rings. The van der Waals surface area contributed by atoms with E-state index in [4.69, 9.17) is 33.7 Å². The van der Waals surface area contributed by atoms with Crippen molar-refractivity contribution in [2.45, 2.75) is 32.4 Å². The molecule has 2 rings (SSSR count). The van der Waals surface area contributed by atoms with Crippen LogP contribution in [0.4, 0.5) is 0 Å². The topological polar surface area (TPSA) is 35.2 Å². The third-order valence-electron chi connectivity index (χ3n) is 3.13. The number of hydrogen-bond donors (Lipinski definition) is 1. The van der Waals surface area contributed by atoms with Gasteiger partial charge in [-0.1, -0.05) is 47.5 Å². The van der Waals surface area contributed by atoms with Crippen LogP contribution in [0.5, 0.6) is 5.75 Å². The standard InChI is InChI=1S/C17H19Cl2NO/c1-11(2)21-14-7-3-5-12(9-14)16(20)10-13-6-4-8-15(18)17(13)19/h3-9,11,16H,10,20H2,1-2H3. The van der Waals surface area contributed by atoms with Gasteiger partial charge in [0.1, 0.15) is 5.75 Å². The Labute approximate surface area is 135 Å². The smallest absolute Gasteiger partial charge is 0.120 e. The van der Waals surface area contributed by atoms with Crippen molar-refractivity contribution in [1.29, 1.82) is 0 Å². The Bertz CT molecular complexity index is 613. The second-order valence-corrected chi connectivity index (χ2v) is 6.05. The molecule has 0 saturated carbocycles. The van der Waals surface area contributed by atoms with Crippen LogP contribution in [0.15, 0.2) is 42.5 Å². The molecule has 2 aromatic carbocycles. The normalized spacial score (nSPS) is 12.5. The van der Waals surface area contributed by atoms with Crippen LogP contribution in [0.1, 0.15) is 31.0 Å². The zero-order chi connectivity index (χ0) is 15.4. The molecule has 2 aromatic rings. The van der Waals surface area contributed by atoms with Gasteiger partial charge in [-0.2, -0.15) is 0 Å². The van der Waals surface area contributed by atoms with Gasteiger partial charge in [0.15, 0.2) is 0 Å². The average Bonchev–Trinajstić information content (AvgIpc) is 2.43. The SMILES string of the molecule is CC(C)Oc1cccc(C(N)Cc2cccc(Cl)c2Cl)c1. The second-order valence-electron chi connectivity index (χ2n) is 5.26. The molecule has 2 N–H and O–H groups in total. The van der Waals surface area contributed by atoms with Crippen molar-refractivity contribution in [3.63, 3.8) is 0 Å². The predicted octanol–water partition coefficient (Wildman–Crippen LogP) is 5.02. The first-order valence-corrected chi connectivity index (χ1v) is 7.68. The summed E-state index contributed by atoms with van der Waals surface area (Å²) in [5.74, 6) is 0.829. The minimum Gasteiger partial charge on any atom is -0.491 e. The van der Waals surface area contributed by atoms with Crippen molar-refractivity contribution in [3.8, 4) is 5.75 Å². The highest BCUT2D eigenvalue weighted by Gasteiger charge is 2.12. The summed E-state index contributed by atoms with van der Waals surface area (Å²) in [7, 11) is 0. The maximum absolute atomic E-state index is 6.29. The van der Waals surface area contributed by atoms with E-state index < -0.39 is 0 Å². The highest BCUT2D eigenvalue weighted by Crippen LogP contribution is 2.29. The number of nitrogens with two attached hydrogens (primary N) is 1. The molecule has 4 heteroatoms. The van der Waals surface area contributed by atoms with E-state index in [2.05, 4.69) is 0 Å². The van der Waals surface area contributed by atoms with Gasteiger partial charge in [0.05, 0.1) is 16.1 Å². The van der Waals surface area contributed by atoms with Crippen LogP contribution in [0, 0.1) is 0 Å². The quantitative estimate of drug-likeness (QED) is 0.838. The molecule has 0 amide bonds. The molecule has 0 radical (unpaired) electrons. The van der Waals surface area contributed by atoms with E-state index in [9.17, 15) is 0 Å². The Morgan fingerprint density at radius 2 is 1.81 bits per heavy atom. The zero-order valence-corrected chi connectivity index (χ0v) is 13.7. The lowest BCUT2D eigenvalue weighted by Gasteiger charge is -2.16. The predicted molar refractivity (Wildman–Crippen MR) is 89.3 cm³/mol. The van der Waals surface area contributed by atoms with Crippen LogP contribution in [-0.2, 0) is 6.42 Å². The minimum absolute atomic E-state index is 0.138. The molecule has 21 heavy (non-hydrogen) atoms. The number of hydrogen-bond acceptors (Lipinski definition) is 2. The highest BCUT2D eigenvalue weighted by molar-refractivity contribution is 6.42. The molecule has 0 fully saturated rings. The number of ether oxygens (including phenoxy) is 1. The Kier molecular flexibility index (Phi) is 5.51. The van der Waals surface area contributed by atoms with Crippen molar-refractivity contribution in [2.24, 2.45) is 5.73 Å². The summed E-state index contributed by atoms with van der Waals surface area (Å²) in [5.41, 5.74) is 8.26. The van der Waals surface area contributed by atoms with Crippen molar-refractivity contribution < 1.29 is 4.74 Å². The van der Waals surface area contributed by atoms with Crippen molar-refractivity contribution in [1.82, 2.24) is 0 Å². The maximum Gasteiger partial charge on any atom is 0.120 e. The Morgan fingerprint density at radius 3 is 2.52 bits per heavy atom. The second kappa shape index (κ2) is 7.17. The average molecular weight is 324 g/mol. The van der Waals surface area contributed by atoms with E-state index in [0.717, 1.165) is 16.9 Å². The molecule has 0 heterocycles. The fraction of sp³-hybridized carbons (Fsp3) is 0.294. The summed E-state index contributed by atoms with van der Waals surface area (Å²) < 4.78 is 5.70. The third kappa shape index (κ3) is 4.37. The summed E-state index contributed by atoms with van der Waals surface area (Å²) in [5, 5.41) is 1.13. The molecule has 1 atom stereocenters. The van der Waals surface area contributed by atoms with Gasteiger partial charge in [-0.05, 0) is 49.6 Å². The number of benzene rings is 2. The van der Waals surface area contributed by atoms with Crippen LogP contribution >= 0.6 is 23.2 Å². The van der Waals surface area contributed by atoms with Crippen LogP contribution in [0.2, 0.25) is 10.0 Å². The van der Waals surface area contributed by atoms with Gasteiger partial charge >= 0.3 is 0 Å². The van der Waals surface area contributed by atoms with Gasteiger partial charge in [0.2, 0.25) is 0 Å². The molecule has 0 aliphatic heterocycles. The molecular formula is C17H19Cl2NO. The molecule has 0 saturated heterocycles. The lowest BCUT2D eigenvalue weighted by molar-refractivity contribution is 0.242. The summed E-state index contributed by atoms with van der Waals surface area (Å²) >= 11 is 12.2. The van der Waals surface area contributed by atoms with Crippen LogP contribution in [0.25, 0.3) is 0 Å². The molecule has 0 bridgehead atoms. The number of rotatable bonds is 5. The molecule has 2 nitrogen and oxygen atoms in total. The first kappa shape index (κ1) is 16.2. The Balaban J connectivity index is 2.16. The van der Waals surface area contributed by atoms with Gasteiger partial charge in [-0.25, -0.2) is 0 Å². The highest BCUT2D eigenvalue weighted by atomic mass is 35.5. The Hall–Kier alpha value is -1.22.